The smallest absolute Gasteiger partial charge is 0.157 e. The number of sulfone groups is 1. The second-order valence-electron chi connectivity index (χ2n) is 3.80. The Morgan fingerprint density at radius 2 is 2.21 bits per heavy atom. The molecule has 78 valence electrons. The second-order valence-corrected chi connectivity index (χ2v) is 6.17. The van der Waals surface area contributed by atoms with Crippen LogP contribution >= 0.6 is 0 Å². The van der Waals surface area contributed by atoms with E-state index < -0.39 is 15.1 Å². The van der Waals surface area contributed by atoms with Crippen LogP contribution in [-0.2, 0) is 9.84 Å². The standard InChI is InChI=1S/C8H13N3O2S/c1-6(14(2,12)13)8-10-9-5-11(8)7-3-4-7/h5-7H,3-4H2,1-2H3. The SMILES string of the molecule is CC(c1nncn1C1CC1)S(C)(=O)=O. The molecule has 1 aromatic heterocycles. The quantitative estimate of drug-likeness (QED) is 0.745. The molecule has 0 N–H and O–H groups in total. The molecule has 0 radical (unpaired) electrons. The lowest BCUT2D eigenvalue weighted by Crippen LogP contribution is -2.13. The van der Waals surface area contributed by atoms with Gasteiger partial charge < -0.3 is 4.57 Å². The van der Waals surface area contributed by atoms with E-state index in [1.807, 2.05) is 4.57 Å². The molecular formula is C8H13N3O2S. The summed E-state index contributed by atoms with van der Waals surface area (Å²) in [5, 5.41) is 7.08. The van der Waals surface area contributed by atoms with Crippen LogP contribution in [0.25, 0.3) is 0 Å². The molecule has 0 aliphatic heterocycles. The lowest BCUT2D eigenvalue weighted by Gasteiger charge is -2.09. The highest BCUT2D eigenvalue weighted by atomic mass is 32.2. The number of nitrogens with zero attached hydrogens (tertiary/aromatic N) is 3. The molecule has 1 heterocycles. The maximum absolute atomic E-state index is 11.3. The van der Waals surface area contributed by atoms with E-state index in [0.717, 1.165) is 12.8 Å². The molecule has 0 spiro atoms. The summed E-state index contributed by atoms with van der Waals surface area (Å²) in [4.78, 5) is 0. The number of rotatable bonds is 3. The number of hydrogen-bond donors (Lipinski definition) is 0. The Hall–Kier alpha value is -0.910. The van der Waals surface area contributed by atoms with Crippen molar-refractivity contribution in [2.45, 2.75) is 31.1 Å². The van der Waals surface area contributed by atoms with E-state index in [9.17, 15) is 8.42 Å². The highest BCUT2D eigenvalue weighted by Gasteiger charge is 2.30. The van der Waals surface area contributed by atoms with Gasteiger partial charge in [0.15, 0.2) is 15.7 Å². The van der Waals surface area contributed by atoms with Crippen molar-refractivity contribution in [3.8, 4) is 0 Å². The summed E-state index contributed by atoms with van der Waals surface area (Å²) >= 11 is 0. The van der Waals surface area contributed by atoms with Gasteiger partial charge in [-0.15, -0.1) is 10.2 Å². The van der Waals surface area contributed by atoms with Crippen molar-refractivity contribution in [2.75, 3.05) is 6.26 Å². The van der Waals surface area contributed by atoms with Crippen molar-refractivity contribution in [1.29, 1.82) is 0 Å². The third kappa shape index (κ3) is 1.66. The molecule has 0 bridgehead atoms. The molecule has 1 aliphatic rings. The van der Waals surface area contributed by atoms with Crippen LogP contribution in [0.5, 0.6) is 0 Å². The summed E-state index contributed by atoms with van der Waals surface area (Å²) in [6, 6.07) is 0.421. The lowest BCUT2D eigenvalue weighted by molar-refractivity contribution is 0.581. The minimum Gasteiger partial charge on any atom is -0.313 e. The molecule has 1 unspecified atom stereocenters. The normalized spacial score (nSPS) is 19.6. The van der Waals surface area contributed by atoms with Crippen LogP contribution in [0, 0.1) is 0 Å². The summed E-state index contributed by atoms with van der Waals surface area (Å²) in [7, 11) is -3.08. The predicted molar refractivity (Wildman–Crippen MR) is 51.6 cm³/mol. The molecular weight excluding hydrogens is 202 g/mol. The van der Waals surface area contributed by atoms with Crippen molar-refractivity contribution in [1.82, 2.24) is 14.8 Å². The summed E-state index contributed by atoms with van der Waals surface area (Å²) in [6.45, 7) is 1.65. The van der Waals surface area contributed by atoms with E-state index in [1.165, 1.54) is 6.26 Å². The molecule has 1 saturated carbocycles. The Morgan fingerprint density at radius 1 is 1.57 bits per heavy atom. The van der Waals surface area contributed by atoms with Gasteiger partial charge >= 0.3 is 0 Å². The summed E-state index contributed by atoms with van der Waals surface area (Å²) in [6.07, 6.45) is 5.04. The van der Waals surface area contributed by atoms with Crippen molar-refractivity contribution in [2.24, 2.45) is 0 Å². The molecule has 1 atom stereocenters. The molecule has 14 heavy (non-hydrogen) atoms. The van der Waals surface area contributed by atoms with Crippen molar-refractivity contribution in [3.05, 3.63) is 12.2 Å². The van der Waals surface area contributed by atoms with Crippen LogP contribution in [-0.4, -0.2) is 29.4 Å². The van der Waals surface area contributed by atoms with Gasteiger partial charge in [-0.3, -0.25) is 0 Å². The van der Waals surface area contributed by atoms with Gasteiger partial charge in [0.2, 0.25) is 0 Å². The molecule has 0 saturated heterocycles. The zero-order valence-corrected chi connectivity index (χ0v) is 9.03. The molecule has 0 amide bonds. The van der Waals surface area contributed by atoms with Gasteiger partial charge in [0.1, 0.15) is 11.6 Å². The number of hydrogen-bond acceptors (Lipinski definition) is 4. The third-order valence-electron chi connectivity index (χ3n) is 2.55. The van der Waals surface area contributed by atoms with Crippen molar-refractivity contribution in [3.63, 3.8) is 0 Å². The highest BCUT2D eigenvalue weighted by molar-refractivity contribution is 7.90. The molecule has 2 rings (SSSR count). The maximum atomic E-state index is 11.3. The van der Waals surface area contributed by atoms with Crippen LogP contribution in [0.3, 0.4) is 0 Å². The van der Waals surface area contributed by atoms with Gasteiger partial charge in [-0.25, -0.2) is 8.42 Å². The lowest BCUT2D eigenvalue weighted by atomic mass is 10.4. The van der Waals surface area contributed by atoms with Crippen LogP contribution in [0.1, 0.15) is 36.9 Å². The van der Waals surface area contributed by atoms with Crippen molar-refractivity contribution >= 4 is 9.84 Å². The van der Waals surface area contributed by atoms with Crippen LogP contribution in [0.15, 0.2) is 6.33 Å². The van der Waals surface area contributed by atoms with Gasteiger partial charge in [0.25, 0.3) is 0 Å². The van der Waals surface area contributed by atoms with Crippen molar-refractivity contribution < 1.29 is 8.42 Å². The first-order valence-electron chi connectivity index (χ1n) is 4.58. The Kier molecular flexibility index (Phi) is 2.10. The van der Waals surface area contributed by atoms with Crippen LogP contribution in [0.4, 0.5) is 0 Å². The fraction of sp³-hybridized carbons (Fsp3) is 0.750. The Balaban J connectivity index is 2.36. The van der Waals surface area contributed by atoms with E-state index in [1.54, 1.807) is 13.3 Å². The summed E-state index contributed by atoms with van der Waals surface area (Å²) in [5.74, 6) is 0.565. The minimum atomic E-state index is -3.08. The summed E-state index contributed by atoms with van der Waals surface area (Å²) < 4.78 is 24.6. The fourth-order valence-electron chi connectivity index (χ4n) is 1.37. The van der Waals surface area contributed by atoms with E-state index >= 15 is 0 Å². The molecule has 1 fully saturated rings. The Bertz CT molecular complexity index is 433. The topological polar surface area (TPSA) is 64.8 Å². The predicted octanol–water partition coefficient (Wildman–Crippen LogP) is 0.719. The third-order valence-corrected chi connectivity index (χ3v) is 4.04. The molecule has 1 aliphatic carbocycles. The zero-order chi connectivity index (χ0) is 10.3. The molecule has 6 heteroatoms. The Labute approximate surface area is 83.1 Å². The molecule has 0 aromatic carbocycles. The first-order valence-corrected chi connectivity index (χ1v) is 6.54. The first-order chi connectivity index (χ1) is 6.50. The largest absolute Gasteiger partial charge is 0.313 e. The van der Waals surface area contributed by atoms with Crippen LogP contribution < -0.4 is 0 Å². The highest BCUT2D eigenvalue weighted by Crippen LogP contribution is 2.37. The minimum absolute atomic E-state index is 0.421. The number of aromatic nitrogens is 3. The Morgan fingerprint density at radius 3 is 2.71 bits per heavy atom. The average Bonchev–Trinajstić information content (AvgIpc) is 2.81. The monoisotopic (exact) mass is 215 g/mol. The van der Waals surface area contributed by atoms with E-state index in [0.29, 0.717) is 11.9 Å². The van der Waals surface area contributed by atoms with Gasteiger partial charge in [-0.2, -0.15) is 0 Å². The van der Waals surface area contributed by atoms with E-state index in [2.05, 4.69) is 10.2 Å². The van der Waals surface area contributed by atoms with Gasteiger partial charge in [-0.05, 0) is 19.8 Å². The molecule has 1 aromatic rings. The van der Waals surface area contributed by atoms with E-state index in [-0.39, 0.29) is 0 Å². The average molecular weight is 215 g/mol. The first kappa shape index (κ1) is 9.64. The maximum Gasteiger partial charge on any atom is 0.157 e. The van der Waals surface area contributed by atoms with Gasteiger partial charge in [0, 0.05) is 12.3 Å². The molecule has 5 nitrogen and oxygen atoms in total. The van der Waals surface area contributed by atoms with Gasteiger partial charge in [-0.1, -0.05) is 0 Å². The fourth-order valence-corrected chi connectivity index (χ4v) is 1.92. The van der Waals surface area contributed by atoms with Gasteiger partial charge in [0.05, 0.1) is 0 Å². The zero-order valence-electron chi connectivity index (χ0n) is 8.21. The summed E-state index contributed by atoms with van der Waals surface area (Å²) in [5.41, 5.74) is 0. The second kappa shape index (κ2) is 3.05. The van der Waals surface area contributed by atoms with E-state index in [4.69, 9.17) is 0 Å². The van der Waals surface area contributed by atoms with Crippen LogP contribution in [0.2, 0.25) is 0 Å².